The molecule has 0 saturated carbocycles. The van der Waals surface area contributed by atoms with E-state index < -0.39 is 16.0 Å². The molecule has 2 aromatic carbocycles. The molecule has 0 spiro atoms. The zero-order valence-corrected chi connectivity index (χ0v) is 17.1. The van der Waals surface area contributed by atoms with Crippen LogP contribution in [0.3, 0.4) is 0 Å². The second-order valence-electron chi connectivity index (χ2n) is 5.81. The number of nitrogens with one attached hydrogen (secondary N) is 1. The maximum atomic E-state index is 13.1. The van der Waals surface area contributed by atoms with Gasteiger partial charge in [-0.3, -0.25) is 4.72 Å². The van der Waals surface area contributed by atoms with Gasteiger partial charge in [0.2, 0.25) is 0 Å². The normalized spacial score (nSPS) is 10.8. The highest BCUT2D eigenvalue weighted by Crippen LogP contribution is 2.35. The van der Waals surface area contributed by atoms with Crippen LogP contribution in [0.25, 0.3) is 10.4 Å². The van der Waals surface area contributed by atoms with Crippen LogP contribution in [0.4, 0.5) is 5.69 Å². The first-order chi connectivity index (χ1) is 13.9. The van der Waals surface area contributed by atoms with Crippen molar-refractivity contribution in [3.05, 3.63) is 65.0 Å². The summed E-state index contributed by atoms with van der Waals surface area (Å²) >= 11 is 1.44. The number of sulfonamides is 1. The molecule has 1 aromatic heterocycles. The van der Waals surface area contributed by atoms with E-state index in [1.54, 1.807) is 12.1 Å². The zero-order valence-electron chi connectivity index (χ0n) is 15.5. The molecule has 0 atom stereocenters. The average Bonchev–Trinajstić information content (AvgIpc) is 3.26. The molecule has 29 heavy (non-hydrogen) atoms. The van der Waals surface area contributed by atoms with Crippen LogP contribution in [-0.4, -0.2) is 28.6 Å². The molecule has 0 aliphatic carbocycles. The fourth-order valence-corrected chi connectivity index (χ4v) is 4.71. The van der Waals surface area contributed by atoms with Crippen molar-refractivity contribution in [2.24, 2.45) is 0 Å². The van der Waals surface area contributed by atoms with Gasteiger partial charge in [-0.2, -0.15) is 5.26 Å². The van der Waals surface area contributed by atoms with Crippen LogP contribution >= 0.6 is 11.3 Å². The van der Waals surface area contributed by atoms with Crippen LogP contribution < -0.4 is 9.46 Å². The minimum Gasteiger partial charge on any atom is -0.495 e. The van der Waals surface area contributed by atoms with Crippen LogP contribution in [0.2, 0.25) is 0 Å². The lowest BCUT2D eigenvalue weighted by molar-refractivity contribution is 0.0600. The second-order valence-corrected chi connectivity index (χ2v) is 8.41. The quantitative estimate of drug-likeness (QED) is 0.597. The topological polar surface area (TPSA) is 105 Å². The first-order valence-corrected chi connectivity index (χ1v) is 10.6. The molecule has 0 saturated heterocycles. The third-order valence-electron chi connectivity index (χ3n) is 4.05. The van der Waals surface area contributed by atoms with Crippen molar-refractivity contribution < 1.29 is 22.7 Å². The number of benzene rings is 2. The summed E-state index contributed by atoms with van der Waals surface area (Å²) in [5.41, 5.74) is 1.25. The van der Waals surface area contributed by atoms with Gasteiger partial charge in [-0.15, -0.1) is 11.3 Å². The Bertz CT molecular complexity index is 1200. The molecule has 3 rings (SSSR count). The van der Waals surface area contributed by atoms with E-state index in [1.165, 1.54) is 49.8 Å². The number of thiophene rings is 1. The van der Waals surface area contributed by atoms with E-state index in [4.69, 9.17) is 4.74 Å². The summed E-state index contributed by atoms with van der Waals surface area (Å²) in [6.45, 7) is 0. The summed E-state index contributed by atoms with van der Waals surface area (Å²) in [7, 11) is -1.61. The third-order valence-corrected chi connectivity index (χ3v) is 6.34. The Labute approximate surface area is 172 Å². The first-order valence-electron chi connectivity index (χ1n) is 8.27. The molecular weight excluding hydrogens is 412 g/mol. The molecule has 1 heterocycles. The van der Waals surface area contributed by atoms with E-state index in [-0.39, 0.29) is 21.9 Å². The third kappa shape index (κ3) is 4.23. The molecule has 0 unspecified atom stereocenters. The number of esters is 1. The van der Waals surface area contributed by atoms with Crippen molar-refractivity contribution >= 4 is 33.0 Å². The molecule has 148 valence electrons. The van der Waals surface area contributed by atoms with E-state index in [0.717, 1.165) is 4.88 Å². The molecule has 0 radical (unpaired) electrons. The monoisotopic (exact) mass is 428 g/mol. The number of hydrogen-bond donors (Lipinski definition) is 1. The summed E-state index contributed by atoms with van der Waals surface area (Å²) in [5, 5.41) is 11.1. The van der Waals surface area contributed by atoms with Crippen LogP contribution in [0.5, 0.6) is 5.75 Å². The zero-order chi connectivity index (χ0) is 21.0. The Kier molecular flexibility index (Phi) is 5.87. The number of methoxy groups -OCH3 is 2. The number of ether oxygens (including phenoxy) is 2. The molecule has 0 aliphatic rings. The van der Waals surface area contributed by atoms with Crippen LogP contribution in [0, 0.1) is 11.3 Å². The van der Waals surface area contributed by atoms with Crippen molar-refractivity contribution in [3.63, 3.8) is 0 Å². The van der Waals surface area contributed by atoms with E-state index in [1.807, 2.05) is 23.6 Å². The van der Waals surface area contributed by atoms with Crippen molar-refractivity contribution in [1.82, 2.24) is 0 Å². The molecule has 1 N–H and O–H groups in total. The summed E-state index contributed by atoms with van der Waals surface area (Å²) in [4.78, 5) is 12.4. The smallest absolute Gasteiger partial charge is 0.337 e. The van der Waals surface area contributed by atoms with Gasteiger partial charge in [0.05, 0.1) is 37.1 Å². The lowest BCUT2D eigenvalue weighted by Gasteiger charge is -2.15. The average molecular weight is 428 g/mol. The fourth-order valence-electron chi connectivity index (χ4n) is 2.68. The number of nitrogens with zero attached hydrogens (tertiary/aromatic N) is 1. The summed E-state index contributed by atoms with van der Waals surface area (Å²) in [6, 6.07) is 14.4. The van der Waals surface area contributed by atoms with Crippen molar-refractivity contribution in [1.29, 1.82) is 5.26 Å². The van der Waals surface area contributed by atoms with E-state index >= 15 is 0 Å². The largest absolute Gasteiger partial charge is 0.495 e. The number of rotatable bonds is 6. The molecule has 7 nitrogen and oxygen atoms in total. The Morgan fingerprint density at radius 1 is 1.14 bits per heavy atom. The Morgan fingerprint density at radius 2 is 1.93 bits per heavy atom. The highest BCUT2D eigenvalue weighted by molar-refractivity contribution is 7.92. The standard InChI is InChI=1S/C20H16N2O5S2/c1-26-17-8-6-14(20(23)27-2)11-19(17)29(24,25)22-16-10-13(12-21)5-7-15(16)18-4-3-9-28-18/h3-11,22H,1-2H3. The molecule has 0 bridgehead atoms. The van der Waals surface area contributed by atoms with Crippen LogP contribution in [-0.2, 0) is 14.8 Å². The van der Waals surface area contributed by atoms with Gasteiger partial charge in [0.15, 0.2) is 0 Å². The first kappa shape index (κ1) is 20.4. The number of nitriles is 1. The van der Waals surface area contributed by atoms with Crippen molar-refractivity contribution in [2.45, 2.75) is 4.90 Å². The molecule has 9 heteroatoms. The minimum absolute atomic E-state index is 0.0675. The van der Waals surface area contributed by atoms with Gasteiger partial charge in [0, 0.05) is 10.4 Å². The van der Waals surface area contributed by atoms with E-state index in [9.17, 15) is 18.5 Å². The molecule has 3 aromatic rings. The van der Waals surface area contributed by atoms with Crippen molar-refractivity contribution in [2.75, 3.05) is 18.9 Å². The lowest BCUT2D eigenvalue weighted by atomic mass is 10.1. The van der Waals surface area contributed by atoms with Gasteiger partial charge in [0.1, 0.15) is 10.6 Å². The molecular formula is C20H16N2O5S2. The predicted molar refractivity (Wildman–Crippen MR) is 110 cm³/mol. The highest BCUT2D eigenvalue weighted by atomic mass is 32.2. The van der Waals surface area contributed by atoms with Gasteiger partial charge in [-0.05, 0) is 41.8 Å². The fraction of sp³-hybridized carbons (Fsp3) is 0.100. The number of carbonyl (C=O) groups is 1. The number of hydrogen-bond acceptors (Lipinski definition) is 7. The number of carbonyl (C=O) groups excluding carboxylic acids is 1. The summed E-state index contributed by atoms with van der Waals surface area (Å²) < 4.78 is 38.6. The summed E-state index contributed by atoms with van der Waals surface area (Å²) in [5.74, 6) is -0.603. The maximum absolute atomic E-state index is 13.1. The van der Waals surface area contributed by atoms with Gasteiger partial charge in [-0.1, -0.05) is 12.1 Å². The van der Waals surface area contributed by atoms with Crippen LogP contribution in [0.1, 0.15) is 15.9 Å². The predicted octanol–water partition coefficient (Wildman–Crippen LogP) is 3.88. The Morgan fingerprint density at radius 3 is 2.55 bits per heavy atom. The van der Waals surface area contributed by atoms with E-state index in [2.05, 4.69) is 9.46 Å². The SMILES string of the molecule is COC(=O)c1ccc(OC)c(S(=O)(=O)Nc2cc(C#N)ccc2-c2cccs2)c1. The van der Waals surface area contributed by atoms with Gasteiger partial charge < -0.3 is 9.47 Å². The molecule has 0 aliphatic heterocycles. The van der Waals surface area contributed by atoms with Crippen molar-refractivity contribution in [3.8, 4) is 22.3 Å². The second kappa shape index (κ2) is 8.34. The lowest BCUT2D eigenvalue weighted by Crippen LogP contribution is -2.16. The van der Waals surface area contributed by atoms with Gasteiger partial charge in [0.25, 0.3) is 10.0 Å². The van der Waals surface area contributed by atoms with Gasteiger partial charge >= 0.3 is 5.97 Å². The van der Waals surface area contributed by atoms with Gasteiger partial charge in [-0.25, -0.2) is 13.2 Å². The highest BCUT2D eigenvalue weighted by Gasteiger charge is 2.24. The molecule has 0 amide bonds. The Hall–Kier alpha value is -3.35. The maximum Gasteiger partial charge on any atom is 0.337 e. The number of anilines is 1. The van der Waals surface area contributed by atoms with Crippen LogP contribution in [0.15, 0.2) is 58.8 Å². The Balaban J connectivity index is 2.11. The minimum atomic E-state index is -4.15. The summed E-state index contributed by atoms with van der Waals surface area (Å²) in [6.07, 6.45) is 0. The molecule has 0 fully saturated rings. The van der Waals surface area contributed by atoms with E-state index in [0.29, 0.717) is 11.1 Å².